The van der Waals surface area contributed by atoms with Gasteiger partial charge in [0, 0.05) is 6.04 Å². The Labute approximate surface area is 163 Å². The summed E-state index contributed by atoms with van der Waals surface area (Å²) in [4.78, 5) is 18.2. The van der Waals surface area contributed by atoms with Crippen molar-refractivity contribution in [2.75, 3.05) is 12.9 Å². The molecule has 2 aromatic carbocycles. The Hall–Kier alpha value is -2.31. The van der Waals surface area contributed by atoms with Gasteiger partial charge in [-0.05, 0) is 54.5 Å². The number of nitrogens with zero attached hydrogens (tertiary/aromatic N) is 2. The number of ether oxygens (including phenoxy) is 1. The van der Waals surface area contributed by atoms with Crippen molar-refractivity contribution in [1.29, 1.82) is 0 Å². The van der Waals surface area contributed by atoms with Crippen LogP contribution < -0.4 is 16.0 Å². The van der Waals surface area contributed by atoms with Crippen molar-refractivity contribution < 1.29 is 4.74 Å². The summed E-state index contributed by atoms with van der Waals surface area (Å²) in [5.41, 5.74) is 9.78. The van der Waals surface area contributed by atoms with E-state index in [1.54, 1.807) is 23.4 Å². The Morgan fingerprint density at radius 3 is 2.56 bits per heavy atom. The van der Waals surface area contributed by atoms with Crippen molar-refractivity contribution in [2.45, 2.75) is 38.5 Å². The number of benzene rings is 2. The fourth-order valence-electron chi connectivity index (χ4n) is 3.12. The summed E-state index contributed by atoms with van der Waals surface area (Å²) in [6, 6.07) is 11.5. The predicted octanol–water partition coefficient (Wildman–Crippen LogP) is 3.89. The number of aryl methyl sites for hydroxylation is 1. The van der Waals surface area contributed by atoms with Gasteiger partial charge >= 0.3 is 0 Å². The number of aromatic nitrogens is 2. The molecule has 0 unspecified atom stereocenters. The van der Waals surface area contributed by atoms with Gasteiger partial charge in [0.25, 0.3) is 5.56 Å². The summed E-state index contributed by atoms with van der Waals surface area (Å²) < 4.78 is 6.97. The van der Waals surface area contributed by atoms with Crippen molar-refractivity contribution in [3.05, 3.63) is 63.4 Å². The second-order valence-corrected chi connectivity index (χ2v) is 7.84. The van der Waals surface area contributed by atoms with E-state index in [0.717, 1.165) is 33.3 Å². The molecular weight excluding hydrogens is 358 g/mol. The highest BCUT2D eigenvalue weighted by Gasteiger charge is 2.16. The van der Waals surface area contributed by atoms with E-state index in [2.05, 4.69) is 6.92 Å². The van der Waals surface area contributed by atoms with Gasteiger partial charge < -0.3 is 10.5 Å². The van der Waals surface area contributed by atoms with Crippen LogP contribution in [0.4, 0.5) is 0 Å². The number of hydrogen-bond acceptors (Lipinski definition) is 5. The van der Waals surface area contributed by atoms with E-state index in [0.29, 0.717) is 17.4 Å². The third-order valence-electron chi connectivity index (χ3n) is 4.46. The van der Waals surface area contributed by atoms with Crippen LogP contribution in [0.5, 0.6) is 5.75 Å². The molecule has 1 aromatic heterocycles. The number of fused-ring (bicyclic) bond motifs is 1. The lowest BCUT2D eigenvalue weighted by molar-refractivity contribution is 0.414. The van der Waals surface area contributed by atoms with Gasteiger partial charge in [0.15, 0.2) is 5.16 Å². The van der Waals surface area contributed by atoms with Crippen LogP contribution in [0, 0.1) is 6.92 Å². The number of hydrogen-bond donors (Lipinski definition) is 1. The second-order valence-electron chi connectivity index (χ2n) is 6.61. The first-order valence-electron chi connectivity index (χ1n) is 9.01. The summed E-state index contributed by atoms with van der Waals surface area (Å²) in [5, 5.41) is 1.34. The van der Waals surface area contributed by atoms with Crippen LogP contribution in [-0.4, -0.2) is 22.4 Å². The van der Waals surface area contributed by atoms with E-state index in [1.807, 2.05) is 50.2 Å². The smallest absolute Gasteiger partial charge is 0.262 e. The number of methoxy groups -OCH3 is 1. The monoisotopic (exact) mass is 383 g/mol. The van der Waals surface area contributed by atoms with Gasteiger partial charge in [0.1, 0.15) is 5.75 Å². The molecule has 0 spiro atoms. The number of nitrogens with two attached hydrogens (primary N) is 1. The van der Waals surface area contributed by atoms with Crippen molar-refractivity contribution in [3.63, 3.8) is 0 Å². The minimum absolute atomic E-state index is 0.0302. The summed E-state index contributed by atoms with van der Waals surface area (Å²) in [6.45, 7) is 6.43. The lowest BCUT2D eigenvalue weighted by Gasteiger charge is -2.16. The fourth-order valence-corrected chi connectivity index (χ4v) is 3.84. The molecule has 1 heterocycles. The maximum Gasteiger partial charge on any atom is 0.262 e. The molecule has 5 nitrogen and oxygen atoms in total. The molecule has 3 rings (SSSR count). The molecule has 0 aliphatic heterocycles. The van der Waals surface area contributed by atoms with Crippen LogP contribution in [0.1, 0.15) is 36.6 Å². The predicted molar refractivity (Wildman–Crippen MR) is 112 cm³/mol. The molecule has 1 atom stereocenters. The Morgan fingerprint density at radius 2 is 1.96 bits per heavy atom. The molecule has 0 saturated carbocycles. The molecule has 27 heavy (non-hydrogen) atoms. The Morgan fingerprint density at radius 1 is 1.26 bits per heavy atom. The molecule has 0 saturated heterocycles. The van der Waals surface area contributed by atoms with Crippen LogP contribution >= 0.6 is 11.8 Å². The SMILES string of the molecule is CCSc1nc2c([C@@H](C)N)cc(C)cc2c(=O)n1Cc1ccc(OC)cc1. The lowest BCUT2D eigenvalue weighted by Crippen LogP contribution is -2.25. The van der Waals surface area contributed by atoms with Crippen molar-refractivity contribution in [2.24, 2.45) is 5.73 Å². The quantitative estimate of drug-likeness (QED) is 0.516. The summed E-state index contributed by atoms with van der Waals surface area (Å²) in [6.07, 6.45) is 0. The van der Waals surface area contributed by atoms with Crippen molar-refractivity contribution in [3.8, 4) is 5.75 Å². The van der Waals surface area contributed by atoms with Gasteiger partial charge in [-0.2, -0.15) is 0 Å². The lowest BCUT2D eigenvalue weighted by atomic mass is 10.0. The van der Waals surface area contributed by atoms with Crippen LogP contribution in [-0.2, 0) is 6.54 Å². The Bertz CT molecular complexity index is 1010. The fraction of sp³-hybridized carbons (Fsp3) is 0.333. The Balaban J connectivity index is 2.19. The first-order chi connectivity index (χ1) is 12.9. The molecule has 0 amide bonds. The molecule has 0 aliphatic rings. The summed E-state index contributed by atoms with van der Waals surface area (Å²) in [5.74, 6) is 1.63. The molecule has 6 heteroatoms. The van der Waals surface area contributed by atoms with E-state index < -0.39 is 0 Å². The van der Waals surface area contributed by atoms with Gasteiger partial charge in [0.05, 0.1) is 24.6 Å². The summed E-state index contributed by atoms with van der Waals surface area (Å²) in [7, 11) is 1.64. The van der Waals surface area contributed by atoms with Crippen LogP contribution in [0.2, 0.25) is 0 Å². The first-order valence-corrected chi connectivity index (χ1v) is 9.99. The third kappa shape index (κ3) is 4.01. The Kier molecular flexibility index (Phi) is 5.87. The van der Waals surface area contributed by atoms with E-state index in [1.165, 1.54) is 0 Å². The highest BCUT2D eigenvalue weighted by molar-refractivity contribution is 7.99. The number of rotatable bonds is 6. The zero-order valence-corrected chi connectivity index (χ0v) is 17.0. The van der Waals surface area contributed by atoms with Gasteiger partial charge in [-0.15, -0.1) is 0 Å². The van der Waals surface area contributed by atoms with Gasteiger partial charge in [-0.1, -0.05) is 36.9 Å². The topological polar surface area (TPSA) is 70.1 Å². The minimum atomic E-state index is -0.184. The van der Waals surface area contributed by atoms with Crippen LogP contribution in [0.15, 0.2) is 46.3 Å². The highest BCUT2D eigenvalue weighted by atomic mass is 32.2. The minimum Gasteiger partial charge on any atom is -0.497 e. The number of thioether (sulfide) groups is 1. The molecule has 0 aliphatic carbocycles. The first kappa shape index (κ1) is 19.5. The van der Waals surface area contributed by atoms with E-state index in [4.69, 9.17) is 15.5 Å². The molecule has 0 bridgehead atoms. The van der Waals surface area contributed by atoms with Crippen LogP contribution in [0.3, 0.4) is 0 Å². The van der Waals surface area contributed by atoms with E-state index in [-0.39, 0.29) is 11.6 Å². The van der Waals surface area contributed by atoms with E-state index in [9.17, 15) is 4.79 Å². The standard InChI is InChI=1S/C21H25N3O2S/c1-5-27-21-23-19-17(14(3)22)10-13(2)11-18(19)20(25)24(21)12-15-6-8-16(26-4)9-7-15/h6-11,14H,5,12,22H2,1-4H3/t14-/m1/s1. The van der Waals surface area contributed by atoms with Crippen LogP contribution in [0.25, 0.3) is 10.9 Å². The molecule has 0 fully saturated rings. The van der Waals surface area contributed by atoms with Gasteiger partial charge in [-0.25, -0.2) is 4.98 Å². The maximum atomic E-state index is 13.3. The largest absolute Gasteiger partial charge is 0.497 e. The van der Waals surface area contributed by atoms with Gasteiger partial charge in [0.2, 0.25) is 0 Å². The zero-order chi connectivity index (χ0) is 19.6. The average molecular weight is 384 g/mol. The average Bonchev–Trinajstić information content (AvgIpc) is 2.65. The molecule has 0 radical (unpaired) electrons. The second kappa shape index (κ2) is 8.15. The molecule has 3 aromatic rings. The summed E-state index contributed by atoms with van der Waals surface area (Å²) >= 11 is 1.57. The maximum absolute atomic E-state index is 13.3. The van der Waals surface area contributed by atoms with E-state index >= 15 is 0 Å². The molecule has 2 N–H and O–H groups in total. The molecular formula is C21H25N3O2S. The zero-order valence-electron chi connectivity index (χ0n) is 16.2. The van der Waals surface area contributed by atoms with Crippen molar-refractivity contribution >= 4 is 22.7 Å². The third-order valence-corrected chi connectivity index (χ3v) is 5.32. The highest BCUT2D eigenvalue weighted by Crippen LogP contribution is 2.25. The van der Waals surface area contributed by atoms with Crippen molar-refractivity contribution in [1.82, 2.24) is 9.55 Å². The normalized spacial score (nSPS) is 12.3. The molecule has 142 valence electrons. The van der Waals surface area contributed by atoms with Gasteiger partial charge in [-0.3, -0.25) is 9.36 Å².